The van der Waals surface area contributed by atoms with Gasteiger partial charge in [-0.15, -0.1) is 0 Å². The van der Waals surface area contributed by atoms with Crippen molar-refractivity contribution < 1.29 is 19.4 Å². The van der Waals surface area contributed by atoms with Crippen molar-refractivity contribution in [2.24, 2.45) is 11.8 Å². The second kappa shape index (κ2) is 5.43. The highest BCUT2D eigenvalue weighted by molar-refractivity contribution is 5.83. The molecule has 4 nitrogen and oxygen atoms in total. The van der Waals surface area contributed by atoms with E-state index in [2.05, 4.69) is 0 Å². The average Bonchev–Trinajstić information content (AvgIpc) is 2.27. The Balaban J connectivity index is 2.67. The molecule has 1 rings (SSSR count). The van der Waals surface area contributed by atoms with Gasteiger partial charge in [0.15, 0.2) is 5.78 Å². The second-order valence-electron chi connectivity index (χ2n) is 4.60. The highest BCUT2D eigenvalue weighted by Crippen LogP contribution is 2.29. The van der Waals surface area contributed by atoms with Gasteiger partial charge in [0.25, 0.3) is 0 Å². The summed E-state index contributed by atoms with van der Waals surface area (Å²) in [6.07, 6.45) is 1.30. The lowest BCUT2D eigenvalue weighted by Gasteiger charge is -2.35. The molecule has 0 radical (unpaired) electrons. The topological polar surface area (TPSA) is 63.6 Å². The standard InChI is InChI=1S/C12H20O4/c1-4-9(13)11-7(2)5-6-10(16-11)8(3)12(14)15/h7-8,10-11H,4-6H2,1-3H3,(H,14,15)/t7-,8+,10+,11+/m0/s1. The SMILES string of the molecule is CCC(=O)[C@@H]1O[C@@H]([C@@H](C)C(=O)O)CC[C@@H]1C. The lowest BCUT2D eigenvalue weighted by molar-refractivity contribution is -0.162. The minimum absolute atomic E-state index is 0.0785. The molecule has 0 aliphatic carbocycles. The zero-order valence-corrected chi connectivity index (χ0v) is 10.1. The third kappa shape index (κ3) is 2.82. The second-order valence-corrected chi connectivity index (χ2v) is 4.60. The summed E-state index contributed by atoms with van der Waals surface area (Å²) < 4.78 is 5.64. The van der Waals surface area contributed by atoms with Crippen molar-refractivity contribution in [3.05, 3.63) is 0 Å². The molecular weight excluding hydrogens is 208 g/mol. The Morgan fingerprint density at radius 3 is 2.56 bits per heavy atom. The van der Waals surface area contributed by atoms with Gasteiger partial charge in [0.05, 0.1) is 12.0 Å². The number of ether oxygens (including phenoxy) is 1. The minimum atomic E-state index is -0.859. The van der Waals surface area contributed by atoms with Crippen LogP contribution in [0.4, 0.5) is 0 Å². The number of Topliss-reactive ketones (excluding diaryl/α,β-unsaturated/α-hetero) is 1. The highest BCUT2D eigenvalue weighted by atomic mass is 16.5. The molecule has 0 aromatic heterocycles. The lowest BCUT2D eigenvalue weighted by atomic mass is 9.86. The Kier molecular flexibility index (Phi) is 4.47. The zero-order valence-electron chi connectivity index (χ0n) is 10.1. The molecule has 16 heavy (non-hydrogen) atoms. The van der Waals surface area contributed by atoms with Crippen LogP contribution in [0.25, 0.3) is 0 Å². The monoisotopic (exact) mass is 228 g/mol. The summed E-state index contributed by atoms with van der Waals surface area (Å²) in [7, 11) is 0. The first-order valence-electron chi connectivity index (χ1n) is 5.88. The Bertz CT molecular complexity index is 274. The number of ketones is 1. The van der Waals surface area contributed by atoms with Crippen LogP contribution in [0.15, 0.2) is 0 Å². The van der Waals surface area contributed by atoms with E-state index in [0.717, 1.165) is 12.8 Å². The van der Waals surface area contributed by atoms with Crippen LogP contribution < -0.4 is 0 Å². The fraction of sp³-hybridized carbons (Fsp3) is 0.833. The van der Waals surface area contributed by atoms with Crippen LogP contribution in [0.1, 0.15) is 40.0 Å². The summed E-state index contributed by atoms with van der Waals surface area (Å²) in [5, 5.41) is 8.92. The Morgan fingerprint density at radius 2 is 2.06 bits per heavy atom. The number of aliphatic carboxylic acids is 1. The van der Waals surface area contributed by atoms with Crippen molar-refractivity contribution in [2.75, 3.05) is 0 Å². The highest BCUT2D eigenvalue weighted by Gasteiger charge is 2.36. The van der Waals surface area contributed by atoms with E-state index in [1.807, 2.05) is 13.8 Å². The number of hydrogen-bond donors (Lipinski definition) is 1. The van der Waals surface area contributed by atoms with Gasteiger partial charge in [-0.25, -0.2) is 0 Å². The maximum Gasteiger partial charge on any atom is 0.308 e. The predicted octanol–water partition coefficient (Wildman–Crippen LogP) is 1.87. The summed E-state index contributed by atoms with van der Waals surface area (Å²) in [4.78, 5) is 22.5. The van der Waals surface area contributed by atoms with Gasteiger partial charge in [-0.2, -0.15) is 0 Å². The number of carboxylic acids is 1. The van der Waals surface area contributed by atoms with Gasteiger partial charge in [-0.3, -0.25) is 9.59 Å². The molecule has 4 heteroatoms. The van der Waals surface area contributed by atoms with Gasteiger partial charge in [0, 0.05) is 6.42 Å². The van der Waals surface area contributed by atoms with E-state index in [4.69, 9.17) is 9.84 Å². The van der Waals surface area contributed by atoms with Crippen molar-refractivity contribution in [1.82, 2.24) is 0 Å². The molecular formula is C12H20O4. The first-order valence-corrected chi connectivity index (χ1v) is 5.88. The number of hydrogen-bond acceptors (Lipinski definition) is 3. The fourth-order valence-corrected chi connectivity index (χ4v) is 2.09. The molecule has 1 aliphatic heterocycles. The summed E-state index contributed by atoms with van der Waals surface area (Å²) in [5.74, 6) is -1.12. The van der Waals surface area contributed by atoms with E-state index < -0.39 is 18.0 Å². The molecule has 0 spiro atoms. The summed E-state index contributed by atoms with van der Waals surface area (Å²) >= 11 is 0. The molecule has 1 fully saturated rings. The average molecular weight is 228 g/mol. The normalized spacial score (nSPS) is 32.1. The largest absolute Gasteiger partial charge is 0.481 e. The number of rotatable bonds is 4. The zero-order chi connectivity index (χ0) is 12.3. The molecule has 0 unspecified atom stereocenters. The van der Waals surface area contributed by atoms with Gasteiger partial charge in [0.1, 0.15) is 6.10 Å². The van der Waals surface area contributed by atoms with Crippen LogP contribution in [-0.2, 0) is 14.3 Å². The van der Waals surface area contributed by atoms with Crippen LogP contribution in [-0.4, -0.2) is 29.1 Å². The van der Waals surface area contributed by atoms with Gasteiger partial charge in [-0.1, -0.05) is 13.8 Å². The van der Waals surface area contributed by atoms with Crippen LogP contribution in [0, 0.1) is 11.8 Å². The summed E-state index contributed by atoms with van der Waals surface area (Å²) in [5.41, 5.74) is 0. The molecule has 92 valence electrons. The molecule has 1 N–H and O–H groups in total. The number of carbonyl (C=O) groups excluding carboxylic acids is 1. The first kappa shape index (κ1) is 13.2. The molecule has 4 atom stereocenters. The quantitative estimate of drug-likeness (QED) is 0.797. The molecule has 1 aliphatic rings. The van der Waals surface area contributed by atoms with E-state index in [-0.39, 0.29) is 17.8 Å². The van der Waals surface area contributed by atoms with Crippen LogP contribution in [0.3, 0.4) is 0 Å². The molecule has 0 saturated carbocycles. The number of carbonyl (C=O) groups is 2. The van der Waals surface area contributed by atoms with E-state index in [9.17, 15) is 9.59 Å². The Labute approximate surface area is 96.0 Å². The van der Waals surface area contributed by atoms with Gasteiger partial charge >= 0.3 is 5.97 Å². The minimum Gasteiger partial charge on any atom is -0.481 e. The number of carboxylic acid groups (broad SMARTS) is 1. The van der Waals surface area contributed by atoms with Gasteiger partial charge < -0.3 is 9.84 Å². The van der Waals surface area contributed by atoms with Crippen molar-refractivity contribution >= 4 is 11.8 Å². The smallest absolute Gasteiger partial charge is 0.308 e. The molecule has 0 aromatic carbocycles. The van der Waals surface area contributed by atoms with Crippen LogP contribution in [0.5, 0.6) is 0 Å². The fourth-order valence-electron chi connectivity index (χ4n) is 2.09. The van der Waals surface area contributed by atoms with E-state index in [1.165, 1.54) is 0 Å². The molecule has 0 bridgehead atoms. The maximum absolute atomic E-state index is 11.6. The third-order valence-electron chi connectivity index (χ3n) is 3.36. The summed E-state index contributed by atoms with van der Waals surface area (Å²) in [6, 6.07) is 0. The van der Waals surface area contributed by atoms with Crippen molar-refractivity contribution in [3.63, 3.8) is 0 Å². The molecule has 0 aromatic rings. The third-order valence-corrected chi connectivity index (χ3v) is 3.36. The van der Waals surface area contributed by atoms with Crippen LogP contribution in [0.2, 0.25) is 0 Å². The molecule has 1 heterocycles. The van der Waals surface area contributed by atoms with E-state index >= 15 is 0 Å². The van der Waals surface area contributed by atoms with Gasteiger partial charge in [-0.05, 0) is 25.7 Å². The Morgan fingerprint density at radius 1 is 1.44 bits per heavy atom. The van der Waals surface area contributed by atoms with Crippen molar-refractivity contribution in [2.45, 2.75) is 52.2 Å². The van der Waals surface area contributed by atoms with Crippen LogP contribution >= 0.6 is 0 Å². The van der Waals surface area contributed by atoms with Gasteiger partial charge in [0.2, 0.25) is 0 Å². The molecule has 0 amide bonds. The predicted molar refractivity (Wildman–Crippen MR) is 59.2 cm³/mol. The molecule has 1 saturated heterocycles. The van der Waals surface area contributed by atoms with E-state index in [1.54, 1.807) is 6.92 Å². The Hall–Kier alpha value is -0.900. The lowest BCUT2D eigenvalue weighted by Crippen LogP contribution is -2.43. The van der Waals surface area contributed by atoms with E-state index in [0.29, 0.717) is 6.42 Å². The summed E-state index contributed by atoms with van der Waals surface area (Å²) in [6.45, 7) is 5.43. The van der Waals surface area contributed by atoms with Crippen molar-refractivity contribution in [1.29, 1.82) is 0 Å². The first-order chi connectivity index (χ1) is 7.47. The van der Waals surface area contributed by atoms with Crippen molar-refractivity contribution in [3.8, 4) is 0 Å². The maximum atomic E-state index is 11.6.